The van der Waals surface area contributed by atoms with Gasteiger partial charge >= 0.3 is 0 Å². The summed E-state index contributed by atoms with van der Waals surface area (Å²) in [6.07, 6.45) is 0. The molecule has 1 aromatic heterocycles. The van der Waals surface area contributed by atoms with Gasteiger partial charge in [-0.05, 0) is 82.2 Å². The van der Waals surface area contributed by atoms with E-state index in [-0.39, 0.29) is 0 Å². The molecule has 0 fully saturated rings. The average molecular weight is 531 g/mol. The Labute approximate surface area is 235 Å². The van der Waals surface area contributed by atoms with Gasteiger partial charge in [-0.25, -0.2) is 0 Å². The smallest absolute Gasteiger partial charge is 0.0533 e. The van der Waals surface area contributed by atoms with E-state index < -0.39 is 7.92 Å². The lowest BCUT2D eigenvalue weighted by Gasteiger charge is -2.24. The number of allylic oxidation sites excluding steroid dienone is 1. The molecule has 0 unspecified atom stereocenters. The quantitative estimate of drug-likeness (QED) is 0.211. The third kappa shape index (κ3) is 6.96. The van der Waals surface area contributed by atoms with Crippen molar-refractivity contribution in [3.05, 3.63) is 145 Å². The second-order valence-electron chi connectivity index (χ2n) is 10.1. The Hall–Kier alpha value is -3.87. The summed E-state index contributed by atoms with van der Waals surface area (Å²) in [6.45, 7) is 14.2. The third-order valence-electron chi connectivity index (χ3n) is 6.42. The van der Waals surface area contributed by atoms with E-state index in [4.69, 9.17) is 0 Å². The Kier molecular flexibility index (Phi) is 9.58. The molecule has 0 saturated heterocycles. The molecule has 0 bridgehead atoms. The standard InChI is InChI=1S/C30H26NP.C6H13N/c1-23-21-22-24(2)31(23)29-19-11-9-17-27(29)28-18-10-12-20-30(28)32(25-13-5-3-6-14-25)26-15-7-4-8-16-26;1-5(2)7-6(3)4/h3-22H,1-2H3;6-7H,1H2,2-4H3. The molecule has 2 nitrogen and oxygen atoms in total. The molecule has 198 valence electrons. The van der Waals surface area contributed by atoms with Gasteiger partial charge in [0.05, 0.1) is 5.69 Å². The van der Waals surface area contributed by atoms with Crippen molar-refractivity contribution in [1.82, 2.24) is 9.88 Å². The van der Waals surface area contributed by atoms with Crippen LogP contribution in [0.3, 0.4) is 0 Å². The van der Waals surface area contributed by atoms with Crippen molar-refractivity contribution in [3.63, 3.8) is 0 Å². The molecule has 5 aromatic rings. The number of nitrogens with zero attached hydrogens (tertiary/aromatic N) is 1. The molecule has 0 atom stereocenters. The fourth-order valence-electron chi connectivity index (χ4n) is 4.92. The average Bonchev–Trinajstić information content (AvgIpc) is 3.27. The SMILES string of the molecule is C=C(C)NC(C)C.Cc1ccc(C)n1-c1ccccc1-c1ccccc1P(c1ccccc1)c1ccccc1. The number of hydrogen-bond acceptors (Lipinski definition) is 1. The Morgan fingerprint density at radius 1 is 0.641 bits per heavy atom. The Bertz CT molecular complexity index is 1440. The van der Waals surface area contributed by atoms with Crippen LogP contribution >= 0.6 is 7.92 Å². The zero-order chi connectivity index (χ0) is 27.8. The summed E-state index contributed by atoms with van der Waals surface area (Å²) in [5, 5.41) is 7.23. The first-order valence-corrected chi connectivity index (χ1v) is 14.9. The first-order valence-electron chi connectivity index (χ1n) is 13.5. The first-order chi connectivity index (χ1) is 18.9. The molecule has 5 rings (SSSR count). The fraction of sp³-hybridized carbons (Fsp3) is 0.167. The lowest BCUT2D eigenvalue weighted by molar-refractivity contribution is 0.671. The Morgan fingerprint density at radius 2 is 1.10 bits per heavy atom. The molecule has 4 aromatic carbocycles. The lowest BCUT2D eigenvalue weighted by atomic mass is 10.0. The van der Waals surface area contributed by atoms with Crippen LogP contribution in [0.5, 0.6) is 0 Å². The molecule has 0 radical (unpaired) electrons. The van der Waals surface area contributed by atoms with E-state index in [1.165, 1.54) is 44.1 Å². The van der Waals surface area contributed by atoms with Gasteiger partial charge in [0.25, 0.3) is 0 Å². The maximum absolute atomic E-state index is 3.68. The number of para-hydroxylation sites is 1. The molecular weight excluding hydrogens is 491 g/mol. The Balaban J connectivity index is 0.000000448. The predicted molar refractivity (Wildman–Crippen MR) is 172 cm³/mol. The normalized spacial score (nSPS) is 10.7. The number of hydrogen-bond donors (Lipinski definition) is 1. The van der Waals surface area contributed by atoms with E-state index in [2.05, 4.69) is 165 Å². The predicted octanol–water partition coefficient (Wildman–Crippen LogP) is 8.04. The van der Waals surface area contributed by atoms with Crippen LogP contribution in [0.15, 0.2) is 134 Å². The van der Waals surface area contributed by atoms with Crippen molar-refractivity contribution < 1.29 is 0 Å². The van der Waals surface area contributed by atoms with Gasteiger partial charge in [0.2, 0.25) is 0 Å². The number of nitrogens with one attached hydrogen (secondary N) is 1. The summed E-state index contributed by atoms with van der Waals surface area (Å²) in [6, 6.07) is 44.5. The maximum atomic E-state index is 3.68. The molecular formula is C36H39N2P. The highest BCUT2D eigenvalue weighted by Crippen LogP contribution is 2.38. The molecule has 39 heavy (non-hydrogen) atoms. The van der Waals surface area contributed by atoms with Crippen molar-refractivity contribution in [2.45, 2.75) is 40.7 Å². The van der Waals surface area contributed by atoms with E-state index in [1.807, 2.05) is 6.92 Å². The van der Waals surface area contributed by atoms with Crippen LogP contribution < -0.4 is 21.2 Å². The molecule has 0 amide bonds. The second kappa shape index (κ2) is 13.3. The highest BCUT2D eigenvalue weighted by Gasteiger charge is 2.21. The number of benzene rings is 4. The van der Waals surface area contributed by atoms with E-state index in [0.717, 1.165) is 5.70 Å². The van der Waals surface area contributed by atoms with Crippen LogP contribution in [0.25, 0.3) is 16.8 Å². The molecule has 0 aliphatic rings. The molecule has 0 aliphatic heterocycles. The van der Waals surface area contributed by atoms with E-state index in [0.29, 0.717) is 6.04 Å². The zero-order valence-corrected chi connectivity index (χ0v) is 24.6. The minimum atomic E-state index is -0.685. The first kappa shape index (κ1) is 28.1. The molecule has 3 heteroatoms. The monoisotopic (exact) mass is 530 g/mol. The van der Waals surface area contributed by atoms with Gasteiger partial charge in [-0.15, -0.1) is 0 Å². The van der Waals surface area contributed by atoms with Gasteiger partial charge in [-0.2, -0.15) is 0 Å². The van der Waals surface area contributed by atoms with Gasteiger partial charge in [0.15, 0.2) is 0 Å². The van der Waals surface area contributed by atoms with Crippen LogP contribution in [0.2, 0.25) is 0 Å². The second-order valence-corrected chi connectivity index (χ2v) is 12.3. The van der Waals surface area contributed by atoms with Gasteiger partial charge in [0.1, 0.15) is 0 Å². The van der Waals surface area contributed by atoms with Crippen molar-refractivity contribution in [2.24, 2.45) is 0 Å². The molecule has 1 heterocycles. The minimum Gasteiger partial charge on any atom is -0.387 e. The largest absolute Gasteiger partial charge is 0.387 e. The fourth-order valence-corrected chi connectivity index (χ4v) is 7.38. The summed E-state index contributed by atoms with van der Waals surface area (Å²) in [5.74, 6) is 0. The summed E-state index contributed by atoms with van der Waals surface area (Å²) < 4.78 is 2.36. The van der Waals surface area contributed by atoms with E-state index in [9.17, 15) is 0 Å². The number of aryl methyl sites for hydroxylation is 2. The number of rotatable bonds is 7. The molecule has 0 saturated carbocycles. The molecule has 0 spiro atoms. The maximum Gasteiger partial charge on any atom is 0.0533 e. The topological polar surface area (TPSA) is 17.0 Å². The van der Waals surface area contributed by atoms with Crippen LogP contribution in [-0.2, 0) is 0 Å². The van der Waals surface area contributed by atoms with Crippen LogP contribution in [-0.4, -0.2) is 10.6 Å². The van der Waals surface area contributed by atoms with E-state index in [1.54, 1.807) is 0 Å². The summed E-state index contributed by atoms with van der Waals surface area (Å²) in [5.41, 5.74) is 7.34. The van der Waals surface area contributed by atoms with Gasteiger partial charge in [-0.1, -0.05) is 110 Å². The van der Waals surface area contributed by atoms with Gasteiger partial charge < -0.3 is 9.88 Å². The van der Waals surface area contributed by atoms with Crippen LogP contribution in [0, 0.1) is 13.8 Å². The molecule has 0 aliphatic carbocycles. The summed E-state index contributed by atoms with van der Waals surface area (Å²) >= 11 is 0. The van der Waals surface area contributed by atoms with Crippen molar-refractivity contribution in [2.75, 3.05) is 0 Å². The zero-order valence-electron chi connectivity index (χ0n) is 23.7. The Morgan fingerprint density at radius 3 is 1.59 bits per heavy atom. The van der Waals surface area contributed by atoms with Crippen molar-refractivity contribution in [1.29, 1.82) is 0 Å². The van der Waals surface area contributed by atoms with Crippen LogP contribution in [0.1, 0.15) is 32.2 Å². The van der Waals surface area contributed by atoms with Crippen molar-refractivity contribution >= 4 is 23.8 Å². The lowest BCUT2D eigenvalue weighted by Crippen LogP contribution is -2.22. The van der Waals surface area contributed by atoms with Gasteiger partial charge in [0, 0.05) is 28.7 Å². The molecule has 1 N–H and O–H groups in total. The highest BCUT2D eigenvalue weighted by atomic mass is 31.1. The summed E-state index contributed by atoms with van der Waals surface area (Å²) in [7, 11) is -0.685. The van der Waals surface area contributed by atoms with Crippen molar-refractivity contribution in [3.8, 4) is 16.8 Å². The summed E-state index contributed by atoms with van der Waals surface area (Å²) in [4.78, 5) is 0. The third-order valence-corrected chi connectivity index (χ3v) is 8.92. The highest BCUT2D eigenvalue weighted by molar-refractivity contribution is 7.80. The van der Waals surface area contributed by atoms with E-state index >= 15 is 0 Å². The van der Waals surface area contributed by atoms with Crippen LogP contribution in [0.4, 0.5) is 0 Å². The number of aromatic nitrogens is 1. The van der Waals surface area contributed by atoms with Gasteiger partial charge in [-0.3, -0.25) is 0 Å². The minimum absolute atomic E-state index is 0.525.